The third-order valence-corrected chi connectivity index (χ3v) is 2.20. The highest BCUT2D eigenvalue weighted by Gasteiger charge is 2.11. The van der Waals surface area contributed by atoms with Crippen molar-refractivity contribution < 1.29 is 0 Å². The summed E-state index contributed by atoms with van der Waals surface area (Å²) in [6, 6.07) is 0.514. The second-order valence-corrected chi connectivity index (χ2v) is 3.41. The van der Waals surface area contributed by atoms with Gasteiger partial charge in [0, 0.05) is 18.3 Å². The first kappa shape index (κ1) is 7.88. The third-order valence-electron chi connectivity index (χ3n) is 1.24. The summed E-state index contributed by atoms with van der Waals surface area (Å²) < 4.78 is 0. The first-order chi connectivity index (χ1) is 4.83. The summed E-state index contributed by atoms with van der Waals surface area (Å²) >= 11 is 1.70. The minimum Gasteiger partial charge on any atom is -0.361 e. The summed E-state index contributed by atoms with van der Waals surface area (Å²) in [4.78, 5) is 4.27. The number of amidine groups is 1. The van der Waals surface area contributed by atoms with E-state index >= 15 is 0 Å². The Morgan fingerprint density at radius 2 is 2.70 bits per heavy atom. The van der Waals surface area contributed by atoms with Crippen LogP contribution in [0.4, 0.5) is 0 Å². The van der Waals surface area contributed by atoms with Crippen LogP contribution in [-0.2, 0) is 0 Å². The van der Waals surface area contributed by atoms with Gasteiger partial charge >= 0.3 is 0 Å². The molecule has 0 aromatic heterocycles. The summed E-state index contributed by atoms with van der Waals surface area (Å²) in [7, 11) is 0. The van der Waals surface area contributed by atoms with Gasteiger partial charge in [0.25, 0.3) is 0 Å². The van der Waals surface area contributed by atoms with Gasteiger partial charge in [-0.3, -0.25) is 4.99 Å². The minimum absolute atomic E-state index is 0.514. The quantitative estimate of drug-likeness (QED) is 0.597. The van der Waals surface area contributed by atoms with Crippen LogP contribution >= 0.6 is 11.8 Å². The molecule has 1 aliphatic heterocycles. The van der Waals surface area contributed by atoms with E-state index in [1.807, 2.05) is 0 Å². The molecule has 0 aromatic rings. The van der Waals surface area contributed by atoms with Crippen LogP contribution in [0.5, 0.6) is 0 Å². The molecule has 3 N–H and O–H groups in total. The maximum Gasteiger partial charge on any atom is 0.156 e. The van der Waals surface area contributed by atoms with Crippen LogP contribution in [-0.4, -0.2) is 30.1 Å². The molecule has 0 radical (unpaired) electrons. The third kappa shape index (κ3) is 2.19. The Labute approximate surface area is 65.5 Å². The van der Waals surface area contributed by atoms with Crippen LogP contribution in [0.2, 0.25) is 0 Å². The number of aliphatic imine (C=N–C) groups is 1. The maximum absolute atomic E-state index is 5.34. The molecule has 10 heavy (non-hydrogen) atoms. The van der Waals surface area contributed by atoms with Crippen molar-refractivity contribution >= 4 is 16.9 Å². The largest absolute Gasteiger partial charge is 0.361 e. The van der Waals surface area contributed by atoms with E-state index < -0.39 is 0 Å². The number of nitrogens with one attached hydrogen (secondary N) is 1. The fraction of sp³-hybridized carbons (Fsp3) is 0.833. The molecule has 0 amide bonds. The number of hydrogen-bond acceptors (Lipinski definition) is 4. The second-order valence-electron chi connectivity index (χ2n) is 2.33. The van der Waals surface area contributed by atoms with Crippen LogP contribution in [0, 0.1) is 0 Å². The number of nitrogens with two attached hydrogens (primary N) is 1. The SMILES string of the molecule is CC1CN=C(SCCN)N1. The zero-order chi connectivity index (χ0) is 7.40. The van der Waals surface area contributed by atoms with Gasteiger partial charge < -0.3 is 11.1 Å². The van der Waals surface area contributed by atoms with Gasteiger partial charge in [-0.25, -0.2) is 0 Å². The molecule has 1 rings (SSSR count). The van der Waals surface area contributed by atoms with Crippen molar-refractivity contribution in [3.05, 3.63) is 0 Å². The van der Waals surface area contributed by atoms with Gasteiger partial charge in [-0.1, -0.05) is 11.8 Å². The molecule has 1 unspecified atom stereocenters. The molecule has 1 atom stereocenters. The fourth-order valence-corrected chi connectivity index (χ4v) is 1.53. The van der Waals surface area contributed by atoms with Crippen LogP contribution < -0.4 is 11.1 Å². The first-order valence-electron chi connectivity index (χ1n) is 3.47. The van der Waals surface area contributed by atoms with Crippen molar-refractivity contribution in [2.24, 2.45) is 10.7 Å². The van der Waals surface area contributed by atoms with E-state index in [9.17, 15) is 0 Å². The van der Waals surface area contributed by atoms with E-state index in [0.717, 1.165) is 24.0 Å². The number of rotatable bonds is 2. The van der Waals surface area contributed by atoms with Crippen LogP contribution in [0.1, 0.15) is 6.92 Å². The van der Waals surface area contributed by atoms with Gasteiger partial charge in [-0.05, 0) is 6.92 Å². The Bertz CT molecular complexity index is 135. The first-order valence-corrected chi connectivity index (χ1v) is 4.45. The van der Waals surface area contributed by atoms with Crippen molar-refractivity contribution in [3.63, 3.8) is 0 Å². The monoisotopic (exact) mass is 159 g/mol. The highest BCUT2D eigenvalue weighted by atomic mass is 32.2. The van der Waals surface area contributed by atoms with Crippen molar-refractivity contribution in [1.29, 1.82) is 0 Å². The Morgan fingerprint density at radius 3 is 3.20 bits per heavy atom. The molecule has 0 saturated carbocycles. The van der Waals surface area contributed by atoms with Crippen molar-refractivity contribution in [3.8, 4) is 0 Å². The molecule has 0 fully saturated rings. The summed E-state index contributed by atoms with van der Waals surface area (Å²) in [5.41, 5.74) is 5.34. The van der Waals surface area contributed by atoms with Crippen molar-refractivity contribution in [2.45, 2.75) is 13.0 Å². The summed E-state index contributed by atoms with van der Waals surface area (Å²) in [5, 5.41) is 4.30. The lowest BCUT2D eigenvalue weighted by Gasteiger charge is -2.03. The topological polar surface area (TPSA) is 50.4 Å². The number of hydrogen-bond donors (Lipinski definition) is 2. The second kappa shape index (κ2) is 3.83. The normalized spacial score (nSPS) is 24.2. The zero-order valence-electron chi connectivity index (χ0n) is 6.13. The standard InChI is InChI=1S/C6H13N3S/c1-5-4-8-6(9-5)10-3-2-7/h5H,2-4,7H2,1H3,(H,8,9). The smallest absolute Gasteiger partial charge is 0.156 e. The van der Waals surface area contributed by atoms with Gasteiger partial charge in [0.05, 0.1) is 6.54 Å². The van der Waals surface area contributed by atoms with Gasteiger partial charge in [0.1, 0.15) is 0 Å². The van der Waals surface area contributed by atoms with E-state index in [1.54, 1.807) is 11.8 Å². The molecular formula is C6H13N3S. The molecule has 0 aromatic carbocycles. The summed E-state index contributed by atoms with van der Waals surface area (Å²) in [6.07, 6.45) is 0. The molecule has 0 aliphatic carbocycles. The van der Waals surface area contributed by atoms with E-state index in [-0.39, 0.29) is 0 Å². The van der Waals surface area contributed by atoms with Gasteiger partial charge in [0.15, 0.2) is 5.17 Å². The molecule has 0 bridgehead atoms. The van der Waals surface area contributed by atoms with Gasteiger partial charge in [-0.2, -0.15) is 0 Å². The molecule has 3 nitrogen and oxygen atoms in total. The molecular weight excluding hydrogens is 146 g/mol. The van der Waals surface area contributed by atoms with E-state index in [1.165, 1.54) is 0 Å². The zero-order valence-corrected chi connectivity index (χ0v) is 6.95. The average molecular weight is 159 g/mol. The minimum atomic E-state index is 0.514. The predicted molar refractivity (Wildman–Crippen MR) is 46.4 cm³/mol. The van der Waals surface area contributed by atoms with Crippen molar-refractivity contribution in [1.82, 2.24) is 5.32 Å². The average Bonchev–Trinajstić information content (AvgIpc) is 2.31. The Morgan fingerprint density at radius 1 is 1.90 bits per heavy atom. The Kier molecular flexibility index (Phi) is 3.02. The molecule has 1 aliphatic rings. The molecule has 0 spiro atoms. The van der Waals surface area contributed by atoms with Crippen LogP contribution in [0.25, 0.3) is 0 Å². The van der Waals surface area contributed by atoms with Crippen molar-refractivity contribution in [2.75, 3.05) is 18.8 Å². The van der Waals surface area contributed by atoms with E-state index in [4.69, 9.17) is 5.73 Å². The van der Waals surface area contributed by atoms with Gasteiger partial charge in [-0.15, -0.1) is 0 Å². The fourth-order valence-electron chi connectivity index (χ4n) is 0.765. The summed E-state index contributed by atoms with van der Waals surface area (Å²) in [6.45, 7) is 3.76. The Balaban J connectivity index is 2.17. The molecule has 58 valence electrons. The van der Waals surface area contributed by atoms with Crippen LogP contribution in [0.3, 0.4) is 0 Å². The van der Waals surface area contributed by atoms with E-state index in [2.05, 4.69) is 17.2 Å². The predicted octanol–water partition coefficient (Wildman–Crippen LogP) is 0.0260. The molecule has 1 heterocycles. The number of nitrogens with zero attached hydrogens (tertiary/aromatic N) is 1. The number of thioether (sulfide) groups is 1. The lowest BCUT2D eigenvalue weighted by Crippen LogP contribution is -2.25. The molecule has 4 heteroatoms. The van der Waals surface area contributed by atoms with Crippen LogP contribution in [0.15, 0.2) is 4.99 Å². The van der Waals surface area contributed by atoms with E-state index in [0.29, 0.717) is 6.04 Å². The summed E-state index contributed by atoms with van der Waals surface area (Å²) in [5.74, 6) is 0.957. The van der Waals surface area contributed by atoms with Gasteiger partial charge in [0.2, 0.25) is 0 Å². The maximum atomic E-state index is 5.34. The molecule has 0 saturated heterocycles. The lowest BCUT2D eigenvalue weighted by atomic mass is 10.4. The lowest BCUT2D eigenvalue weighted by molar-refractivity contribution is 0.728. The Hall–Kier alpha value is -0.220. The highest BCUT2D eigenvalue weighted by Crippen LogP contribution is 2.06. The highest BCUT2D eigenvalue weighted by molar-refractivity contribution is 8.13.